The number of rotatable bonds is 5. The Morgan fingerprint density at radius 1 is 0.893 bits per heavy atom. The van der Waals surface area contributed by atoms with E-state index in [-0.39, 0.29) is 10.6 Å². The van der Waals surface area contributed by atoms with Crippen LogP contribution in [0.2, 0.25) is 5.02 Å². The molecule has 0 heterocycles. The second kappa shape index (κ2) is 8.17. The Bertz CT molecular complexity index is 1140. The van der Waals surface area contributed by atoms with E-state index in [9.17, 15) is 8.42 Å². The lowest BCUT2D eigenvalue weighted by atomic mass is 10.1. The molecule has 0 bridgehead atoms. The lowest BCUT2D eigenvalue weighted by Crippen LogP contribution is -2.11. The van der Waals surface area contributed by atoms with Gasteiger partial charge in [-0.3, -0.25) is 4.99 Å². The van der Waals surface area contributed by atoms with Crippen molar-refractivity contribution in [3.05, 3.63) is 87.9 Å². The van der Waals surface area contributed by atoms with Crippen molar-refractivity contribution >= 4 is 33.6 Å². The van der Waals surface area contributed by atoms with E-state index in [4.69, 9.17) is 15.8 Å². The average Bonchev–Trinajstić information content (AvgIpc) is 2.64. The predicted molar refractivity (Wildman–Crippen MR) is 114 cm³/mol. The molecule has 3 aromatic rings. The van der Waals surface area contributed by atoms with E-state index in [1.165, 1.54) is 18.2 Å². The molecule has 0 aliphatic carbocycles. The van der Waals surface area contributed by atoms with Crippen molar-refractivity contribution in [1.82, 2.24) is 0 Å². The molecular formula is C22H20ClNO3S. The Hall–Kier alpha value is -2.63. The molecule has 0 spiro atoms. The second-order valence-corrected chi connectivity index (χ2v) is 8.56. The van der Waals surface area contributed by atoms with E-state index < -0.39 is 10.1 Å². The first kappa shape index (κ1) is 20.1. The topological polar surface area (TPSA) is 55.7 Å². The summed E-state index contributed by atoms with van der Waals surface area (Å²) in [4.78, 5) is 4.58. The average molecular weight is 414 g/mol. The largest absolute Gasteiger partial charge is 0.378 e. The SMILES string of the molecule is Cc1ccc(S(=O)(=O)Oc2ccc(Cl)cc2C=Nc2cc(C)ccc2C)cc1. The maximum atomic E-state index is 12.6. The predicted octanol–water partition coefficient (Wildman–Crippen LogP) is 5.78. The van der Waals surface area contributed by atoms with Gasteiger partial charge in [-0.1, -0.05) is 41.4 Å². The Morgan fingerprint density at radius 3 is 2.29 bits per heavy atom. The number of hydrogen-bond acceptors (Lipinski definition) is 4. The Kier molecular flexibility index (Phi) is 5.87. The van der Waals surface area contributed by atoms with E-state index in [0.29, 0.717) is 10.6 Å². The monoisotopic (exact) mass is 413 g/mol. The highest BCUT2D eigenvalue weighted by Gasteiger charge is 2.18. The van der Waals surface area contributed by atoms with E-state index >= 15 is 0 Å². The van der Waals surface area contributed by atoms with Crippen LogP contribution in [-0.2, 0) is 10.1 Å². The van der Waals surface area contributed by atoms with Crippen LogP contribution >= 0.6 is 11.6 Å². The standard InChI is InChI=1S/C22H20ClNO3S/c1-15-5-9-20(10-6-15)28(25,26)27-22-11-8-19(23)13-18(22)14-24-21-12-16(2)4-7-17(21)3/h4-14H,1-3H3. The Balaban J connectivity index is 1.96. The van der Waals surface area contributed by atoms with Crippen molar-refractivity contribution in [2.24, 2.45) is 4.99 Å². The van der Waals surface area contributed by atoms with Gasteiger partial charge in [0, 0.05) is 16.8 Å². The first-order chi connectivity index (χ1) is 13.2. The highest BCUT2D eigenvalue weighted by atomic mass is 35.5. The fourth-order valence-electron chi connectivity index (χ4n) is 2.56. The van der Waals surface area contributed by atoms with Crippen LogP contribution in [0.15, 0.2) is 70.6 Å². The summed E-state index contributed by atoms with van der Waals surface area (Å²) < 4.78 is 30.6. The van der Waals surface area contributed by atoms with Gasteiger partial charge in [-0.2, -0.15) is 8.42 Å². The van der Waals surface area contributed by atoms with Gasteiger partial charge in [0.2, 0.25) is 0 Å². The van der Waals surface area contributed by atoms with Gasteiger partial charge in [-0.15, -0.1) is 0 Å². The number of hydrogen-bond donors (Lipinski definition) is 0. The third-order valence-electron chi connectivity index (χ3n) is 4.19. The summed E-state index contributed by atoms with van der Waals surface area (Å²) in [5, 5.41) is 0.461. The van der Waals surface area contributed by atoms with Crippen LogP contribution in [-0.4, -0.2) is 14.6 Å². The molecule has 0 N–H and O–H groups in total. The van der Waals surface area contributed by atoms with Crippen molar-refractivity contribution in [1.29, 1.82) is 0 Å². The Labute approximate surface area is 170 Å². The zero-order chi connectivity index (χ0) is 20.3. The van der Waals surface area contributed by atoms with Crippen molar-refractivity contribution in [3.8, 4) is 5.75 Å². The van der Waals surface area contributed by atoms with Crippen LogP contribution in [0.25, 0.3) is 0 Å². The maximum absolute atomic E-state index is 12.6. The van der Waals surface area contributed by atoms with Crippen molar-refractivity contribution < 1.29 is 12.6 Å². The molecule has 0 unspecified atom stereocenters. The number of halogens is 1. The molecule has 0 atom stereocenters. The van der Waals surface area contributed by atoms with Gasteiger partial charge in [0.25, 0.3) is 0 Å². The zero-order valence-corrected chi connectivity index (χ0v) is 17.4. The number of nitrogens with zero attached hydrogens (tertiary/aromatic N) is 1. The smallest absolute Gasteiger partial charge is 0.339 e. The minimum atomic E-state index is -3.97. The fourth-order valence-corrected chi connectivity index (χ4v) is 3.70. The third-order valence-corrected chi connectivity index (χ3v) is 5.67. The van der Waals surface area contributed by atoms with Gasteiger partial charge in [-0.25, -0.2) is 0 Å². The molecule has 28 heavy (non-hydrogen) atoms. The van der Waals surface area contributed by atoms with E-state index in [2.05, 4.69) is 4.99 Å². The molecule has 4 nitrogen and oxygen atoms in total. The molecule has 0 amide bonds. The lowest BCUT2D eigenvalue weighted by Gasteiger charge is -2.10. The van der Waals surface area contributed by atoms with Crippen LogP contribution in [0, 0.1) is 20.8 Å². The van der Waals surface area contributed by atoms with Crippen LogP contribution in [0.5, 0.6) is 5.75 Å². The molecule has 0 aliphatic heterocycles. The summed E-state index contributed by atoms with van der Waals surface area (Å²) in [6.07, 6.45) is 1.56. The third kappa shape index (κ3) is 4.80. The van der Waals surface area contributed by atoms with Crippen molar-refractivity contribution in [3.63, 3.8) is 0 Å². The molecule has 0 saturated heterocycles. The molecule has 0 fully saturated rings. The van der Waals surface area contributed by atoms with Crippen molar-refractivity contribution in [2.45, 2.75) is 25.7 Å². The first-order valence-electron chi connectivity index (χ1n) is 8.67. The number of aliphatic imine (C=N–C) groups is 1. The summed E-state index contributed by atoms with van der Waals surface area (Å²) in [5.74, 6) is 0.166. The second-order valence-electron chi connectivity index (χ2n) is 6.58. The van der Waals surface area contributed by atoms with Gasteiger partial charge in [-0.05, 0) is 68.3 Å². The molecule has 0 aromatic heterocycles. The molecule has 144 valence electrons. The quantitative estimate of drug-likeness (QED) is 0.393. The molecule has 0 saturated carbocycles. The van der Waals surface area contributed by atoms with E-state index in [1.54, 1.807) is 30.5 Å². The molecule has 3 rings (SSSR count). The molecule has 6 heteroatoms. The molecule has 3 aromatic carbocycles. The molecule has 0 aliphatic rings. The Morgan fingerprint density at radius 2 is 1.57 bits per heavy atom. The van der Waals surface area contributed by atoms with Gasteiger partial charge < -0.3 is 4.18 Å². The zero-order valence-electron chi connectivity index (χ0n) is 15.8. The van der Waals surface area contributed by atoms with E-state index in [0.717, 1.165) is 22.4 Å². The fraction of sp³-hybridized carbons (Fsp3) is 0.136. The number of benzene rings is 3. The minimum absolute atomic E-state index is 0.0884. The van der Waals surface area contributed by atoms with Gasteiger partial charge in [0.1, 0.15) is 4.90 Å². The van der Waals surface area contributed by atoms with Gasteiger partial charge >= 0.3 is 10.1 Å². The summed E-state index contributed by atoms with van der Waals surface area (Å²) in [6, 6.07) is 17.2. The summed E-state index contributed by atoms with van der Waals surface area (Å²) in [5.41, 5.74) is 4.34. The number of aryl methyl sites for hydroxylation is 3. The van der Waals surface area contributed by atoms with Gasteiger partial charge in [0.15, 0.2) is 5.75 Å². The van der Waals surface area contributed by atoms with E-state index in [1.807, 2.05) is 39.0 Å². The molecule has 0 radical (unpaired) electrons. The van der Waals surface area contributed by atoms with Gasteiger partial charge in [0.05, 0.1) is 5.69 Å². The summed E-state index contributed by atoms with van der Waals surface area (Å²) in [7, 11) is -3.97. The van der Waals surface area contributed by atoms with Crippen LogP contribution in [0.1, 0.15) is 22.3 Å². The maximum Gasteiger partial charge on any atom is 0.339 e. The minimum Gasteiger partial charge on any atom is -0.378 e. The van der Waals surface area contributed by atoms with Crippen LogP contribution < -0.4 is 4.18 Å². The highest BCUT2D eigenvalue weighted by Crippen LogP contribution is 2.27. The normalized spacial score (nSPS) is 11.7. The first-order valence-corrected chi connectivity index (χ1v) is 10.5. The van der Waals surface area contributed by atoms with Crippen LogP contribution in [0.3, 0.4) is 0 Å². The highest BCUT2D eigenvalue weighted by molar-refractivity contribution is 7.87. The summed E-state index contributed by atoms with van der Waals surface area (Å²) in [6.45, 7) is 5.84. The van der Waals surface area contributed by atoms with Crippen LogP contribution in [0.4, 0.5) is 5.69 Å². The summed E-state index contributed by atoms with van der Waals surface area (Å²) >= 11 is 6.09. The molecular weight excluding hydrogens is 394 g/mol. The van der Waals surface area contributed by atoms with Crippen molar-refractivity contribution in [2.75, 3.05) is 0 Å². The lowest BCUT2D eigenvalue weighted by molar-refractivity contribution is 0.485.